The molecule has 0 radical (unpaired) electrons. The van der Waals surface area contributed by atoms with E-state index in [9.17, 15) is 4.79 Å². The van der Waals surface area contributed by atoms with E-state index in [0.29, 0.717) is 35.5 Å². The van der Waals surface area contributed by atoms with Crippen LogP contribution in [0.1, 0.15) is 30.6 Å². The summed E-state index contributed by atoms with van der Waals surface area (Å²) >= 11 is 0. The molecule has 1 saturated heterocycles. The molecule has 0 spiro atoms. The van der Waals surface area contributed by atoms with Gasteiger partial charge in [0, 0.05) is 24.8 Å². The number of likely N-dealkylation sites (tertiary alicyclic amines) is 1. The van der Waals surface area contributed by atoms with Gasteiger partial charge in [0.05, 0.1) is 12.7 Å². The van der Waals surface area contributed by atoms with Crippen molar-refractivity contribution in [1.82, 2.24) is 10.2 Å². The van der Waals surface area contributed by atoms with E-state index in [1.807, 2.05) is 0 Å². The van der Waals surface area contributed by atoms with Crippen LogP contribution in [0.25, 0.3) is 0 Å². The fourth-order valence-corrected chi connectivity index (χ4v) is 2.69. The number of hydrogen-bond acceptors (Lipinski definition) is 4. The lowest BCUT2D eigenvalue weighted by Gasteiger charge is -2.20. The van der Waals surface area contributed by atoms with Gasteiger partial charge in [0.25, 0.3) is 5.91 Å². The number of nitrogens with two attached hydrogens (primary N) is 1. The van der Waals surface area contributed by atoms with Crippen LogP contribution in [0.3, 0.4) is 0 Å². The molecule has 1 atom stereocenters. The van der Waals surface area contributed by atoms with Crippen molar-refractivity contribution in [2.45, 2.75) is 26.3 Å². The summed E-state index contributed by atoms with van der Waals surface area (Å²) in [4.78, 5) is 14.7. The minimum Gasteiger partial charge on any atom is -0.497 e. The van der Waals surface area contributed by atoms with Gasteiger partial charge in [-0.05, 0) is 50.9 Å². The van der Waals surface area contributed by atoms with Crippen molar-refractivity contribution in [3.63, 3.8) is 0 Å². The van der Waals surface area contributed by atoms with E-state index in [-0.39, 0.29) is 5.91 Å². The van der Waals surface area contributed by atoms with E-state index in [0.717, 1.165) is 19.5 Å². The Morgan fingerprint density at radius 1 is 1.52 bits per heavy atom. The average Bonchev–Trinajstić information content (AvgIpc) is 2.94. The van der Waals surface area contributed by atoms with Gasteiger partial charge < -0.3 is 20.7 Å². The number of hydrogen-bond donors (Lipinski definition) is 2. The molecule has 116 valence electrons. The first-order valence-corrected chi connectivity index (χ1v) is 7.47. The quantitative estimate of drug-likeness (QED) is 0.811. The van der Waals surface area contributed by atoms with Crippen LogP contribution in [0, 0.1) is 5.92 Å². The average molecular weight is 291 g/mol. The smallest absolute Gasteiger partial charge is 0.253 e. The zero-order valence-corrected chi connectivity index (χ0v) is 13.1. The largest absolute Gasteiger partial charge is 0.497 e. The van der Waals surface area contributed by atoms with Crippen molar-refractivity contribution in [2.75, 3.05) is 32.5 Å². The Bertz CT molecular complexity index is 502. The van der Waals surface area contributed by atoms with Crippen molar-refractivity contribution in [3.05, 3.63) is 23.8 Å². The molecule has 1 heterocycles. The van der Waals surface area contributed by atoms with Gasteiger partial charge in [0.15, 0.2) is 0 Å². The van der Waals surface area contributed by atoms with E-state index in [2.05, 4.69) is 24.1 Å². The molecule has 0 saturated carbocycles. The van der Waals surface area contributed by atoms with Gasteiger partial charge in [-0.3, -0.25) is 4.79 Å². The number of carbonyl (C=O) groups is 1. The molecule has 0 bridgehead atoms. The molecule has 1 aromatic carbocycles. The van der Waals surface area contributed by atoms with Gasteiger partial charge in [-0.2, -0.15) is 0 Å². The summed E-state index contributed by atoms with van der Waals surface area (Å²) in [7, 11) is 1.58. The first-order valence-electron chi connectivity index (χ1n) is 7.47. The third-order valence-electron chi connectivity index (χ3n) is 4.10. The zero-order valence-electron chi connectivity index (χ0n) is 13.1. The Labute approximate surface area is 126 Å². The highest BCUT2D eigenvalue weighted by Crippen LogP contribution is 2.20. The van der Waals surface area contributed by atoms with Crippen molar-refractivity contribution >= 4 is 11.6 Å². The second kappa shape index (κ2) is 6.80. The number of nitrogen functional groups attached to an aromatic ring is 1. The standard InChI is InChI=1S/C16H25N3O2/c1-11(2)19-7-6-12(10-19)9-18-16(20)14-8-13(21-3)4-5-15(14)17/h4-5,8,11-12H,6-7,9-10,17H2,1-3H3,(H,18,20). The Hall–Kier alpha value is -1.75. The number of anilines is 1. The summed E-state index contributed by atoms with van der Waals surface area (Å²) in [6, 6.07) is 5.70. The van der Waals surface area contributed by atoms with E-state index in [1.165, 1.54) is 0 Å². The van der Waals surface area contributed by atoms with Gasteiger partial charge in [0.2, 0.25) is 0 Å². The van der Waals surface area contributed by atoms with Crippen LogP contribution in [0.4, 0.5) is 5.69 Å². The molecule has 1 aromatic rings. The lowest BCUT2D eigenvalue weighted by molar-refractivity contribution is 0.0947. The first kappa shape index (κ1) is 15.6. The summed E-state index contributed by atoms with van der Waals surface area (Å²) in [5.41, 5.74) is 6.82. The Morgan fingerprint density at radius 3 is 2.90 bits per heavy atom. The second-order valence-electron chi connectivity index (χ2n) is 5.91. The van der Waals surface area contributed by atoms with E-state index < -0.39 is 0 Å². The summed E-state index contributed by atoms with van der Waals surface area (Å²) in [6.45, 7) is 7.26. The van der Waals surface area contributed by atoms with Crippen molar-refractivity contribution in [1.29, 1.82) is 0 Å². The minimum absolute atomic E-state index is 0.130. The molecule has 1 unspecified atom stereocenters. The maximum absolute atomic E-state index is 12.2. The summed E-state index contributed by atoms with van der Waals surface area (Å²) in [6.07, 6.45) is 1.13. The summed E-state index contributed by atoms with van der Waals surface area (Å²) in [5.74, 6) is 1.03. The lowest BCUT2D eigenvalue weighted by Crippen LogP contribution is -2.33. The van der Waals surface area contributed by atoms with Crippen LogP contribution >= 0.6 is 0 Å². The number of rotatable bonds is 5. The predicted octanol–water partition coefficient (Wildman–Crippen LogP) is 1.74. The number of carbonyl (C=O) groups excluding carboxylic acids is 1. The molecule has 1 aliphatic rings. The van der Waals surface area contributed by atoms with E-state index in [4.69, 9.17) is 10.5 Å². The number of nitrogens with zero attached hydrogens (tertiary/aromatic N) is 1. The monoisotopic (exact) mass is 291 g/mol. The topological polar surface area (TPSA) is 67.6 Å². The van der Waals surface area contributed by atoms with Gasteiger partial charge in [0.1, 0.15) is 5.75 Å². The molecule has 2 rings (SSSR count). The molecular weight excluding hydrogens is 266 g/mol. The molecule has 3 N–H and O–H groups in total. The van der Waals surface area contributed by atoms with E-state index in [1.54, 1.807) is 25.3 Å². The van der Waals surface area contributed by atoms with Crippen LogP contribution in [-0.4, -0.2) is 43.6 Å². The lowest BCUT2D eigenvalue weighted by atomic mass is 10.1. The highest BCUT2D eigenvalue weighted by Gasteiger charge is 2.24. The van der Waals surface area contributed by atoms with Gasteiger partial charge in [-0.15, -0.1) is 0 Å². The maximum atomic E-state index is 12.2. The van der Waals surface area contributed by atoms with Crippen LogP contribution in [0.5, 0.6) is 5.75 Å². The Morgan fingerprint density at radius 2 is 2.29 bits per heavy atom. The van der Waals surface area contributed by atoms with Gasteiger partial charge >= 0.3 is 0 Å². The highest BCUT2D eigenvalue weighted by atomic mass is 16.5. The zero-order chi connectivity index (χ0) is 15.4. The summed E-state index contributed by atoms with van der Waals surface area (Å²) in [5, 5.41) is 2.99. The van der Waals surface area contributed by atoms with E-state index >= 15 is 0 Å². The minimum atomic E-state index is -0.130. The predicted molar refractivity (Wildman–Crippen MR) is 84.6 cm³/mol. The maximum Gasteiger partial charge on any atom is 0.253 e. The number of nitrogens with one attached hydrogen (secondary N) is 1. The van der Waals surface area contributed by atoms with Crippen molar-refractivity contribution < 1.29 is 9.53 Å². The van der Waals surface area contributed by atoms with Gasteiger partial charge in [-0.1, -0.05) is 0 Å². The molecule has 5 heteroatoms. The molecular formula is C16H25N3O2. The highest BCUT2D eigenvalue weighted by molar-refractivity contribution is 5.99. The Balaban J connectivity index is 1.91. The molecule has 1 amide bonds. The fraction of sp³-hybridized carbons (Fsp3) is 0.562. The number of amides is 1. The molecule has 1 fully saturated rings. The number of methoxy groups -OCH3 is 1. The molecule has 1 aliphatic heterocycles. The number of benzene rings is 1. The first-order chi connectivity index (χ1) is 10.0. The molecule has 21 heavy (non-hydrogen) atoms. The third kappa shape index (κ3) is 3.88. The van der Waals surface area contributed by atoms with Crippen LogP contribution in [-0.2, 0) is 0 Å². The fourth-order valence-electron chi connectivity index (χ4n) is 2.69. The molecule has 0 aliphatic carbocycles. The Kier molecular flexibility index (Phi) is 5.07. The van der Waals surface area contributed by atoms with Gasteiger partial charge in [-0.25, -0.2) is 0 Å². The summed E-state index contributed by atoms with van der Waals surface area (Å²) < 4.78 is 5.14. The van der Waals surface area contributed by atoms with Crippen molar-refractivity contribution in [2.24, 2.45) is 5.92 Å². The normalized spacial score (nSPS) is 19.0. The molecule has 0 aromatic heterocycles. The van der Waals surface area contributed by atoms with Crippen LogP contribution in [0.2, 0.25) is 0 Å². The number of ether oxygens (including phenoxy) is 1. The van der Waals surface area contributed by atoms with Crippen LogP contribution in [0.15, 0.2) is 18.2 Å². The second-order valence-corrected chi connectivity index (χ2v) is 5.91. The third-order valence-corrected chi connectivity index (χ3v) is 4.10. The SMILES string of the molecule is COc1ccc(N)c(C(=O)NCC2CCN(C(C)C)C2)c1. The molecule has 5 nitrogen and oxygen atoms in total. The van der Waals surface area contributed by atoms with Crippen molar-refractivity contribution in [3.8, 4) is 5.75 Å². The van der Waals surface area contributed by atoms with Crippen LogP contribution < -0.4 is 15.8 Å².